The minimum Gasteiger partial charge on any atom is -0.397 e. The van der Waals surface area contributed by atoms with Gasteiger partial charge in [-0.15, -0.1) is 0 Å². The number of hydrogen-bond donors (Lipinski definition) is 2. The molecule has 1 aliphatic carbocycles. The molecule has 76 valence electrons. The van der Waals surface area contributed by atoms with E-state index in [9.17, 15) is 0 Å². The van der Waals surface area contributed by atoms with Crippen molar-refractivity contribution in [2.75, 3.05) is 11.1 Å². The lowest BCUT2D eigenvalue weighted by Gasteiger charge is -2.28. The van der Waals surface area contributed by atoms with E-state index in [4.69, 9.17) is 5.73 Å². The summed E-state index contributed by atoms with van der Waals surface area (Å²) in [5, 5.41) is 3.49. The van der Waals surface area contributed by atoms with Crippen molar-refractivity contribution in [3.63, 3.8) is 0 Å². The van der Waals surface area contributed by atoms with Crippen molar-refractivity contribution < 1.29 is 0 Å². The zero-order valence-electron chi connectivity index (χ0n) is 8.93. The first-order chi connectivity index (χ1) is 6.66. The van der Waals surface area contributed by atoms with E-state index in [-0.39, 0.29) is 0 Å². The molecule has 0 aromatic heterocycles. The molecule has 3 N–H and O–H groups in total. The summed E-state index contributed by atoms with van der Waals surface area (Å²) in [5.41, 5.74) is 10.5. The Hall–Kier alpha value is -1.18. The lowest BCUT2D eigenvalue weighted by Crippen LogP contribution is -2.27. The zero-order valence-corrected chi connectivity index (χ0v) is 8.93. The molecule has 0 unspecified atom stereocenters. The van der Waals surface area contributed by atoms with Crippen molar-refractivity contribution in [3.8, 4) is 0 Å². The van der Waals surface area contributed by atoms with E-state index in [1.165, 1.54) is 30.4 Å². The van der Waals surface area contributed by atoms with Gasteiger partial charge in [0.1, 0.15) is 0 Å². The molecule has 1 aromatic rings. The molecular formula is C12H18N2. The first-order valence-corrected chi connectivity index (χ1v) is 5.30. The molecule has 1 saturated carbocycles. The first kappa shape index (κ1) is 9.38. The van der Waals surface area contributed by atoms with E-state index in [0.29, 0.717) is 6.04 Å². The second-order valence-corrected chi connectivity index (χ2v) is 4.30. The van der Waals surface area contributed by atoms with Crippen molar-refractivity contribution in [3.05, 3.63) is 23.3 Å². The molecule has 0 aliphatic heterocycles. The molecule has 1 aromatic carbocycles. The highest BCUT2D eigenvalue weighted by Gasteiger charge is 2.17. The normalized spacial score (nSPS) is 16.4. The standard InChI is InChI=1S/C12H18N2/c1-8-6-11(13)12(7-9(8)2)14-10-4-3-5-10/h6-7,10,14H,3-5,13H2,1-2H3. The van der Waals surface area contributed by atoms with Crippen LogP contribution < -0.4 is 11.1 Å². The van der Waals surface area contributed by atoms with Gasteiger partial charge in [-0.2, -0.15) is 0 Å². The summed E-state index contributed by atoms with van der Waals surface area (Å²) in [5.74, 6) is 0. The Labute approximate surface area is 85.5 Å². The van der Waals surface area contributed by atoms with E-state index in [1.807, 2.05) is 0 Å². The highest BCUT2D eigenvalue weighted by atomic mass is 14.9. The van der Waals surface area contributed by atoms with Crippen LogP contribution in [0.1, 0.15) is 30.4 Å². The molecule has 0 bridgehead atoms. The molecule has 14 heavy (non-hydrogen) atoms. The van der Waals surface area contributed by atoms with E-state index >= 15 is 0 Å². The lowest BCUT2D eigenvalue weighted by molar-refractivity contribution is 0.446. The number of rotatable bonds is 2. The van der Waals surface area contributed by atoms with Crippen LogP contribution in [0, 0.1) is 13.8 Å². The van der Waals surface area contributed by atoms with E-state index in [0.717, 1.165) is 11.4 Å². The summed E-state index contributed by atoms with van der Waals surface area (Å²) in [6.07, 6.45) is 3.92. The zero-order chi connectivity index (χ0) is 10.1. The fraction of sp³-hybridized carbons (Fsp3) is 0.500. The monoisotopic (exact) mass is 190 g/mol. The summed E-state index contributed by atoms with van der Waals surface area (Å²) in [4.78, 5) is 0. The van der Waals surface area contributed by atoms with Gasteiger partial charge < -0.3 is 11.1 Å². The number of nitrogens with two attached hydrogens (primary N) is 1. The Bertz CT molecular complexity index is 340. The largest absolute Gasteiger partial charge is 0.397 e. The van der Waals surface area contributed by atoms with Crippen LogP contribution in [-0.4, -0.2) is 6.04 Å². The SMILES string of the molecule is Cc1cc(N)c(NC2CCC2)cc1C. The number of benzene rings is 1. The van der Waals surface area contributed by atoms with Gasteiger partial charge in [-0.3, -0.25) is 0 Å². The number of aryl methyl sites for hydroxylation is 2. The predicted molar refractivity (Wildman–Crippen MR) is 61.6 cm³/mol. The Balaban J connectivity index is 2.19. The molecule has 2 nitrogen and oxygen atoms in total. The molecule has 1 fully saturated rings. The maximum atomic E-state index is 5.95. The summed E-state index contributed by atoms with van der Waals surface area (Å²) < 4.78 is 0. The maximum Gasteiger partial charge on any atom is 0.0578 e. The molecule has 0 atom stereocenters. The third-order valence-electron chi connectivity index (χ3n) is 3.13. The molecule has 1 aliphatic rings. The van der Waals surface area contributed by atoms with E-state index in [1.54, 1.807) is 0 Å². The number of hydrogen-bond acceptors (Lipinski definition) is 2. The second kappa shape index (κ2) is 3.52. The van der Waals surface area contributed by atoms with Crippen LogP contribution in [0.3, 0.4) is 0 Å². The number of anilines is 2. The van der Waals surface area contributed by atoms with Crippen molar-refractivity contribution in [2.45, 2.75) is 39.2 Å². The Morgan fingerprint density at radius 1 is 1.21 bits per heavy atom. The van der Waals surface area contributed by atoms with Gasteiger partial charge in [0.05, 0.1) is 11.4 Å². The fourth-order valence-electron chi connectivity index (χ4n) is 1.74. The van der Waals surface area contributed by atoms with Crippen LogP contribution in [0.5, 0.6) is 0 Å². The van der Waals surface area contributed by atoms with Crippen LogP contribution in [0.25, 0.3) is 0 Å². The topological polar surface area (TPSA) is 38.0 Å². The predicted octanol–water partition coefficient (Wildman–Crippen LogP) is 2.85. The lowest BCUT2D eigenvalue weighted by atomic mass is 9.92. The number of nitrogen functional groups attached to an aromatic ring is 1. The van der Waals surface area contributed by atoms with Gasteiger partial charge >= 0.3 is 0 Å². The summed E-state index contributed by atoms with van der Waals surface area (Å²) in [6, 6.07) is 4.86. The fourth-order valence-corrected chi connectivity index (χ4v) is 1.74. The third-order valence-corrected chi connectivity index (χ3v) is 3.13. The van der Waals surface area contributed by atoms with E-state index in [2.05, 4.69) is 31.3 Å². The number of nitrogens with one attached hydrogen (secondary N) is 1. The molecule has 0 saturated heterocycles. The molecule has 0 heterocycles. The van der Waals surface area contributed by atoms with Gasteiger partial charge in [0.15, 0.2) is 0 Å². The summed E-state index contributed by atoms with van der Waals surface area (Å²) >= 11 is 0. The van der Waals surface area contributed by atoms with Crippen LogP contribution >= 0.6 is 0 Å². The van der Waals surface area contributed by atoms with Gasteiger partial charge in [0, 0.05) is 6.04 Å². The first-order valence-electron chi connectivity index (χ1n) is 5.30. The van der Waals surface area contributed by atoms with Crippen molar-refractivity contribution >= 4 is 11.4 Å². The van der Waals surface area contributed by atoms with E-state index < -0.39 is 0 Å². The van der Waals surface area contributed by atoms with Crippen molar-refractivity contribution in [1.29, 1.82) is 0 Å². The average molecular weight is 190 g/mol. The highest BCUT2D eigenvalue weighted by molar-refractivity contribution is 5.69. The average Bonchev–Trinajstić information content (AvgIpc) is 2.06. The van der Waals surface area contributed by atoms with Gasteiger partial charge in [-0.05, 0) is 56.4 Å². The van der Waals surface area contributed by atoms with Crippen LogP contribution in [0.2, 0.25) is 0 Å². The van der Waals surface area contributed by atoms with Crippen LogP contribution in [0.15, 0.2) is 12.1 Å². The molecule has 2 heteroatoms. The molecule has 0 radical (unpaired) electrons. The molecule has 2 rings (SSSR count). The minimum atomic E-state index is 0.652. The van der Waals surface area contributed by atoms with Crippen LogP contribution in [-0.2, 0) is 0 Å². The maximum absolute atomic E-state index is 5.95. The Kier molecular flexibility index (Phi) is 2.36. The highest BCUT2D eigenvalue weighted by Crippen LogP contribution is 2.28. The smallest absolute Gasteiger partial charge is 0.0578 e. The van der Waals surface area contributed by atoms with Gasteiger partial charge in [0.2, 0.25) is 0 Å². The second-order valence-electron chi connectivity index (χ2n) is 4.30. The van der Waals surface area contributed by atoms with Gasteiger partial charge in [-0.25, -0.2) is 0 Å². The summed E-state index contributed by atoms with van der Waals surface area (Å²) in [7, 11) is 0. The quantitative estimate of drug-likeness (QED) is 0.704. The van der Waals surface area contributed by atoms with Crippen molar-refractivity contribution in [1.82, 2.24) is 0 Å². The molecule has 0 amide bonds. The minimum absolute atomic E-state index is 0.652. The molecular weight excluding hydrogens is 172 g/mol. The Morgan fingerprint density at radius 2 is 1.86 bits per heavy atom. The van der Waals surface area contributed by atoms with Crippen molar-refractivity contribution in [2.24, 2.45) is 0 Å². The summed E-state index contributed by atoms with van der Waals surface area (Å²) in [6.45, 7) is 4.22. The molecule has 0 spiro atoms. The van der Waals surface area contributed by atoms with Gasteiger partial charge in [-0.1, -0.05) is 0 Å². The van der Waals surface area contributed by atoms with Gasteiger partial charge in [0.25, 0.3) is 0 Å². The third kappa shape index (κ3) is 1.69. The van der Waals surface area contributed by atoms with Crippen LogP contribution in [0.4, 0.5) is 11.4 Å². The Morgan fingerprint density at radius 3 is 2.43 bits per heavy atom.